The summed E-state index contributed by atoms with van der Waals surface area (Å²) in [7, 11) is 0. The van der Waals surface area contributed by atoms with Crippen molar-refractivity contribution in [3.63, 3.8) is 0 Å². The Balaban J connectivity index is 2.48. The number of rotatable bonds is 6. The Hall–Kier alpha value is -1.63. The number of carbonyl (C=O) groups excluding carboxylic acids is 2. The molecule has 1 aliphatic rings. The molecule has 7 heteroatoms. The van der Waals surface area contributed by atoms with E-state index in [2.05, 4.69) is 5.32 Å². The van der Waals surface area contributed by atoms with Crippen LogP contribution in [0.3, 0.4) is 0 Å². The molecular weight excluding hydrogens is 240 g/mol. The first kappa shape index (κ1) is 14.4. The molecule has 7 nitrogen and oxygen atoms in total. The van der Waals surface area contributed by atoms with Gasteiger partial charge in [0, 0.05) is 6.42 Å². The number of aliphatic hydroxyl groups is 1. The van der Waals surface area contributed by atoms with Crippen LogP contribution in [0.5, 0.6) is 0 Å². The van der Waals surface area contributed by atoms with E-state index in [0.29, 0.717) is 12.8 Å². The second-order valence-corrected chi connectivity index (χ2v) is 4.69. The normalized spacial score (nSPS) is 19.2. The Kier molecular flexibility index (Phi) is 4.66. The van der Waals surface area contributed by atoms with Crippen LogP contribution in [0, 0.1) is 5.41 Å². The van der Waals surface area contributed by atoms with Crippen LogP contribution in [0.4, 0.5) is 0 Å². The van der Waals surface area contributed by atoms with Crippen LogP contribution in [-0.2, 0) is 14.4 Å². The van der Waals surface area contributed by atoms with Gasteiger partial charge in [-0.15, -0.1) is 0 Å². The van der Waals surface area contributed by atoms with E-state index < -0.39 is 29.3 Å². The molecule has 5 N–H and O–H groups in total. The van der Waals surface area contributed by atoms with Crippen LogP contribution in [0.25, 0.3) is 0 Å². The summed E-state index contributed by atoms with van der Waals surface area (Å²) in [5, 5.41) is 20.6. The Morgan fingerprint density at radius 3 is 2.28 bits per heavy atom. The first-order chi connectivity index (χ1) is 8.37. The third kappa shape index (κ3) is 3.43. The van der Waals surface area contributed by atoms with Crippen molar-refractivity contribution >= 4 is 17.8 Å². The SMILES string of the molecule is NC(=O)C(O)CNC(=O)CC1(C(=O)O)CCCC1. The first-order valence-electron chi connectivity index (χ1n) is 5.85. The van der Waals surface area contributed by atoms with Gasteiger partial charge in [0.25, 0.3) is 0 Å². The Morgan fingerprint density at radius 2 is 1.83 bits per heavy atom. The van der Waals surface area contributed by atoms with Gasteiger partial charge in [-0.3, -0.25) is 14.4 Å². The molecule has 0 aliphatic heterocycles. The molecule has 0 aromatic carbocycles. The van der Waals surface area contributed by atoms with Crippen LogP contribution < -0.4 is 11.1 Å². The van der Waals surface area contributed by atoms with E-state index in [4.69, 9.17) is 10.8 Å². The molecule has 102 valence electrons. The molecular formula is C11H18N2O5. The molecule has 0 aromatic heterocycles. The van der Waals surface area contributed by atoms with E-state index in [0.717, 1.165) is 12.8 Å². The number of nitrogens with two attached hydrogens (primary N) is 1. The van der Waals surface area contributed by atoms with E-state index in [9.17, 15) is 19.5 Å². The summed E-state index contributed by atoms with van der Waals surface area (Å²) >= 11 is 0. The highest BCUT2D eigenvalue weighted by Gasteiger charge is 2.42. The molecule has 0 heterocycles. The van der Waals surface area contributed by atoms with Gasteiger partial charge in [0.1, 0.15) is 6.10 Å². The van der Waals surface area contributed by atoms with E-state index in [1.165, 1.54) is 0 Å². The van der Waals surface area contributed by atoms with E-state index in [1.54, 1.807) is 0 Å². The Labute approximate surface area is 104 Å². The maximum Gasteiger partial charge on any atom is 0.310 e. The standard InChI is InChI=1S/C11H18N2O5/c12-9(16)7(14)6-13-8(15)5-11(10(17)18)3-1-2-4-11/h7,14H,1-6H2,(H2,12,16)(H,13,15)(H,17,18). The predicted octanol–water partition coefficient (Wildman–Crippen LogP) is -1.02. The highest BCUT2D eigenvalue weighted by Crippen LogP contribution is 2.41. The van der Waals surface area contributed by atoms with Crippen molar-refractivity contribution in [1.82, 2.24) is 5.32 Å². The zero-order chi connectivity index (χ0) is 13.8. The molecule has 1 fully saturated rings. The third-order valence-corrected chi connectivity index (χ3v) is 3.33. The summed E-state index contributed by atoms with van der Waals surface area (Å²) in [5.41, 5.74) is 3.83. The number of hydrogen-bond donors (Lipinski definition) is 4. The van der Waals surface area contributed by atoms with Crippen molar-refractivity contribution in [3.8, 4) is 0 Å². The van der Waals surface area contributed by atoms with Gasteiger partial charge in [0.05, 0.1) is 12.0 Å². The van der Waals surface area contributed by atoms with Gasteiger partial charge in [0.15, 0.2) is 0 Å². The van der Waals surface area contributed by atoms with Gasteiger partial charge in [-0.25, -0.2) is 0 Å². The quantitative estimate of drug-likeness (QED) is 0.484. The molecule has 2 amide bonds. The number of aliphatic hydroxyl groups excluding tert-OH is 1. The molecule has 0 aromatic rings. The van der Waals surface area contributed by atoms with Crippen molar-refractivity contribution in [1.29, 1.82) is 0 Å². The summed E-state index contributed by atoms with van der Waals surface area (Å²) in [5.74, 6) is -2.38. The third-order valence-electron chi connectivity index (χ3n) is 3.33. The molecule has 0 spiro atoms. The average Bonchev–Trinajstić information content (AvgIpc) is 2.75. The van der Waals surface area contributed by atoms with Crippen molar-refractivity contribution in [2.24, 2.45) is 11.1 Å². The summed E-state index contributed by atoms with van der Waals surface area (Å²) in [6, 6.07) is 0. The van der Waals surface area contributed by atoms with Crippen LogP contribution in [0.2, 0.25) is 0 Å². The Bertz CT molecular complexity index is 349. The smallest absolute Gasteiger partial charge is 0.310 e. The second-order valence-electron chi connectivity index (χ2n) is 4.69. The summed E-state index contributed by atoms with van der Waals surface area (Å²) < 4.78 is 0. The summed E-state index contributed by atoms with van der Waals surface area (Å²) in [6.07, 6.45) is 0.974. The molecule has 18 heavy (non-hydrogen) atoms. The van der Waals surface area contributed by atoms with Crippen molar-refractivity contribution in [2.75, 3.05) is 6.54 Å². The summed E-state index contributed by atoms with van der Waals surface area (Å²) in [4.78, 5) is 33.4. The number of carboxylic acids is 1. The van der Waals surface area contributed by atoms with Gasteiger partial charge in [0.2, 0.25) is 11.8 Å². The minimum atomic E-state index is -1.45. The van der Waals surface area contributed by atoms with Crippen molar-refractivity contribution in [2.45, 2.75) is 38.2 Å². The first-order valence-corrected chi connectivity index (χ1v) is 5.85. The fraction of sp³-hybridized carbons (Fsp3) is 0.727. The van der Waals surface area contributed by atoms with Gasteiger partial charge < -0.3 is 21.3 Å². The maximum absolute atomic E-state index is 11.6. The fourth-order valence-electron chi connectivity index (χ4n) is 2.20. The largest absolute Gasteiger partial charge is 0.481 e. The highest BCUT2D eigenvalue weighted by atomic mass is 16.4. The van der Waals surface area contributed by atoms with Crippen molar-refractivity contribution in [3.05, 3.63) is 0 Å². The van der Waals surface area contributed by atoms with E-state index in [1.807, 2.05) is 0 Å². The number of carbonyl (C=O) groups is 3. The maximum atomic E-state index is 11.6. The highest BCUT2D eigenvalue weighted by molar-refractivity contribution is 5.86. The lowest BCUT2D eigenvalue weighted by atomic mass is 9.82. The zero-order valence-corrected chi connectivity index (χ0v) is 10.0. The minimum Gasteiger partial charge on any atom is -0.481 e. The van der Waals surface area contributed by atoms with E-state index >= 15 is 0 Å². The Morgan fingerprint density at radius 1 is 1.28 bits per heavy atom. The lowest BCUT2D eigenvalue weighted by Crippen LogP contribution is -2.42. The zero-order valence-electron chi connectivity index (χ0n) is 10.0. The number of hydrogen-bond acceptors (Lipinski definition) is 4. The molecule has 0 saturated heterocycles. The topological polar surface area (TPSA) is 130 Å². The lowest BCUT2D eigenvalue weighted by Gasteiger charge is -2.23. The summed E-state index contributed by atoms with van der Waals surface area (Å²) in [6.45, 7) is -0.288. The number of carboxylic acid groups (broad SMARTS) is 1. The van der Waals surface area contributed by atoms with Crippen LogP contribution >= 0.6 is 0 Å². The van der Waals surface area contributed by atoms with Crippen LogP contribution in [0.15, 0.2) is 0 Å². The molecule has 1 aliphatic carbocycles. The second kappa shape index (κ2) is 5.81. The van der Waals surface area contributed by atoms with Crippen molar-refractivity contribution < 1.29 is 24.6 Å². The molecule has 0 bridgehead atoms. The molecule has 1 saturated carbocycles. The number of aliphatic carboxylic acids is 1. The molecule has 1 rings (SSSR count). The predicted molar refractivity (Wildman–Crippen MR) is 61.4 cm³/mol. The van der Waals surface area contributed by atoms with E-state index in [-0.39, 0.29) is 13.0 Å². The lowest BCUT2D eigenvalue weighted by molar-refractivity contribution is -0.151. The number of amides is 2. The van der Waals surface area contributed by atoms with Gasteiger partial charge in [-0.05, 0) is 12.8 Å². The number of nitrogens with one attached hydrogen (secondary N) is 1. The monoisotopic (exact) mass is 258 g/mol. The molecule has 1 atom stereocenters. The van der Waals surface area contributed by atoms with Gasteiger partial charge in [-0.2, -0.15) is 0 Å². The molecule has 1 unspecified atom stereocenters. The molecule has 0 radical (unpaired) electrons. The van der Waals surface area contributed by atoms with Gasteiger partial charge in [-0.1, -0.05) is 12.8 Å². The van der Waals surface area contributed by atoms with Crippen LogP contribution in [0.1, 0.15) is 32.1 Å². The van der Waals surface area contributed by atoms with Gasteiger partial charge >= 0.3 is 5.97 Å². The average molecular weight is 258 g/mol. The fourth-order valence-corrected chi connectivity index (χ4v) is 2.20. The number of primary amides is 1. The van der Waals surface area contributed by atoms with Crippen LogP contribution in [-0.4, -0.2) is 40.6 Å². The minimum absolute atomic E-state index is 0.131.